The predicted octanol–water partition coefficient (Wildman–Crippen LogP) is 4.41. The van der Waals surface area contributed by atoms with E-state index in [0.717, 1.165) is 24.9 Å². The number of ether oxygens (including phenoxy) is 2. The zero-order chi connectivity index (χ0) is 25.8. The maximum Gasteiger partial charge on any atom is 0.251 e. The van der Waals surface area contributed by atoms with Crippen LogP contribution in [0.15, 0.2) is 42.7 Å². The molecule has 1 N–H and O–H groups in total. The van der Waals surface area contributed by atoms with Gasteiger partial charge >= 0.3 is 0 Å². The molecular weight excluding hydrogens is 575 g/mol. The standard InChI is InChI=1S/C31H48N2O3.HI/c1-4-6-7-8-9-10-11-12-13-14-15-16-24-36-29-18-17-28(25-30(29)35-3)31(34)32-26-27-19-22-33(21-5-2)23-20-27;/h17-20,22-23,25H,4-16,21,24,26H2,1-3H3;1H. The van der Waals surface area contributed by atoms with Crippen molar-refractivity contribution in [1.82, 2.24) is 5.32 Å². The van der Waals surface area contributed by atoms with E-state index < -0.39 is 0 Å². The molecule has 1 aromatic heterocycles. The fourth-order valence-corrected chi connectivity index (χ4v) is 4.35. The van der Waals surface area contributed by atoms with Crippen LogP contribution in [0.1, 0.15) is 113 Å². The smallest absolute Gasteiger partial charge is 0.251 e. The quantitative estimate of drug-likeness (QED) is 0.135. The zero-order valence-electron chi connectivity index (χ0n) is 23.4. The Morgan fingerprint density at radius 3 is 1.95 bits per heavy atom. The Morgan fingerprint density at radius 2 is 1.38 bits per heavy atom. The number of nitrogens with zero attached hydrogens (tertiary/aromatic N) is 1. The Bertz CT molecular complexity index is 858. The van der Waals surface area contributed by atoms with Crippen LogP contribution in [0.3, 0.4) is 0 Å². The third-order valence-corrected chi connectivity index (χ3v) is 6.58. The Kier molecular flexibility index (Phi) is 19.0. The Hall–Kier alpha value is -1.83. The molecule has 0 bridgehead atoms. The predicted molar refractivity (Wildman–Crippen MR) is 148 cm³/mol. The van der Waals surface area contributed by atoms with Gasteiger partial charge in [-0.2, -0.15) is 0 Å². The van der Waals surface area contributed by atoms with Crippen molar-refractivity contribution in [3.8, 4) is 11.5 Å². The fourth-order valence-electron chi connectivity index (χ4n) is 4.35. The molecular formula is C31H49IN2O3. The summed E-state index contributed by atoms with van der Waals surface area (Å²) in [6.45, 7) is 6.59. The molecule has 0 radical (unpaired) electrons. The van der Waals surface area contributed by atoms with Crippen molar-refractivity contribution in [3.63, 3.8) is 0 Å². The Labute approximate surface area is 242 Å². The van der Waals surface area contributed by atoms with Crippen LogP contribution in [0.2, 0.25) is 0 Å². The van der Waals surface area contributed by atoms with E-state index in [1.807, 2.05) is 18.2 Å². The second-order valence-corrected chi connectivity index (χ2v) is 9.73. The lowest BCUT2D eigenvalue weighted by Gasteiger charge is -2.12. The number of pyridine rings is 1. The molecule has 0 aliphatic heterocycles. The van der Waals surface area contributed by atoms with Gasteiger partial charge in [-0.3, -0.25) is 4.79 Å². The first-order valence-electron chi connectivity index (χ1n) is 14.2. The summed E-state index contributed by atoms with van der Waals surface area (Å²) in [4.78, 5) is 12.6. The largest absolute Gasteiger partial charge is 1.00 e. The summed E-state index contributed by atoms with van der Waals surface area (Å²) in [5.74, 6) is 1.17. The van der Waals surface area contributed by atoms with Gasteiger partial charge in [0, 0.05) is 30.7 Å². The van der Waals surface area contributed by atoms with E-state index in [4.69, 9.17) is 9.47 Å². The highest BCUT2D eigenvalue weighted by Gasteiger charge is 2.11. The summed E-state index contributed by atoms with van der Waals surface area (Å²) in [5.41, 5.74) is 1.64. The van der Waals surface area contributed by atoms with Crippen molar-refractivity contribution in [1.29, 1.82) is 0 Å². The molecule has 0 atom stereocenters. The van der Waals surface area contributed by atoms with Crippen LogP contribution in [-0.2, 0) is 13.1 Å². The van der Waals surface area contributed by atoms with Crippen molar-refractivity contribution >= 4 is 5.91 Å². The molecule has 1 aromatic carbocycles. The van der Waals surface area contributed by atoms with Gasteiger partial charge in [0.2, 0.25) is 0 Å². The van der Waals surface area contributed by atoms with Gasteiger partial charge in [-0.15, -0.1) is 0 Å². The molecule has 0 fully saturated rings. The number of aromatic nitrogens is 1. The average Bonchev–Trinajstić information content (AvgIpc) is 2.91. The van der Waals surface area contributed by atoms with Gasteiger partial charge in [0.25, 0.3) is 5.91 Å². The zero-order valence-corrected chi connectivity index (χ0v) is 25.6. The van der Waals surface area contributed by atoms with Crippen LogP contribution in [-0.4, -0.2) is 19.6 Å². The molecule has 1 heterocycles. The van der Waals surface area contributed by atoms with Crippen molar-refractivity contribution in [2.75, 3.05) is 13.7 Å². The molecule has 6 heteroatoms. The number of halogens is 1. The highest BCUT2D eigenvalue weighted by molar-refractivity contribution is 5.94. The molecule has 208 valence electrons. The van der Waals surface area contributed by atoms with Gasteiger partial charge in [0.1, 0.15) is 6.54 Å². The lowest BCUT2D eigenvalue weighted by Crippen LogP contribution is -3.00. The molecule has 5 nitrogen and oxygen atoms in total. The second-order valence-electron chi connectivity index (χ2n) is 9.73. The van der Waals surface area contributed by atoms with Crippen LogP contribution in [0.5, 0.6) is 11.5 Å². The minimum atomic E-state index is -0.119. The summed E-state index contributed by atoms with van der Waals surface area (Å²) in [6, 6.07) is 9.49. The van der Waals surface area contributed by atoms with E-state index in [2.05, 4.69) is 36.1 Å². The molecule has 37 heavy (non-hydrogen) atoms. The molecule has 1 amide bonds. The Morgan fingerprint density at radius 1 is 0.784 bits per heavy atom. The van der Waals surface area contributed by atoms with E-state index in [1.54, 1.807) is 19.2 Å². The van der Waals surface area contributed by atoms with Gasteiger partial charge in [-0.25, -0.2) is 4.57 Å². The molecule has 0 saturated carbocycles. The number of rotatable bonds is 20. The number of benzene rings is 1. The van der Waals surface area contributed by atoms with Gasteiger partial charge in [0.05, 0.1) is 13.7 Å². The van der Waals surface area contributed by atoms with E-state index in [1.165, 1.54) is 70.6 Å². The summed E-state index contributed by atoms with van der Waals surface area (Å²) < 4.78 is 13.6. The maximum atomic E-state index is 12.6. The van der Waals surface area contributed by atoms with Crippen molar-refractivity contribution in [2.24, 2.45) is 0 Å². The average molecular weight is 625 g/mol. The number of carbonyl (C=O) groups excluding carboxylic acids is 1. The number of unbranched alkanes of at least 4 members (excludes halogenated alkanes) is 11. The molecule has 0 aliphatic carbocycles. The molecule has 2 rings (SSSR count). The minimum Gasteiger partial charge on any atom is -1.00 e. The van der Waals surface area contributed by atoms with Crippen LogP contribution in [0, 0.1) is 0 Å². The summed E-state index contributed by atoms with van der Waals surface area (Å²) >= 11 is 0. The van der Waals surface area contributed by atoms with Crippen molar-refractivity contribution in [3.05, 3.63) is 53.9 Å². The first-order valence-corrected chi connectivity index (χ1v) is 14.2. The molecule has 0 unspecified atom stereocenters. The number of nitrogens with one attached hydrogen (secondary N) is 1. The lowest BCUT2D eigenvalue weighted by atomic mass is 10.1. The number of amides is 1. The molecule has 2 aromatic rings. The van der Waals surface area contributed by atoms with Crippen LogP contribution in [0.4, 0.5) is 0 Å². The normalized spacial score (nSPS) is 10.6. The monoisotopic (exact) mass is 624 g/mol. The highest BCUT2D eigenvalue weighted by atomic mass is 127. The van der Waals surface area contributed by atoms with Gasteiger partial charge in [-0.1, -0.05) is 84.5 Å². The van der Waals surface area contributed by atoms with Gasteiger partial charge < -0.3 is 38.8 Å². The van der Waals surface area contributed by atoms with Crippen LogP contribution < -0.4 is 43.3 Å². The summed E-state index contributed by atoms with van der Waals surface area (Å²) in [6.07, 6.45) is 21.1. The molecule has 0 saturated heterocycles. The van der Waals surface area contributed by atoms with E-state index in [0.29, 0.717) is 30.2 Å². The number of hydrogen-bond donors (Lipinski definition) is 1. The topological polar surface area (TPSA) is 51.4 Å². The van der Waals surface area contributed by atoms with E-state index >= 15 is 0 Å². The number of hydrogen-bond acceptors (Lipinski definition) is 3. The molecule has 0 spiro atoms. The van der Waals surface area contributed by atoms with Crippen LogP contribution >= 0.6 is 0 Å². The van der Waals surface area contributed by atoms with Gasteiger partial charge in [0.15, 0.2) is 23.9 Å². The minimum absolute atomic E-state index is 0. The Balaban J connectivity index is 0.00000684. The van der Waals surface area contributed by atoms with Crippen molar-refractivity contribution in [2.45, 2.75) is 110 Å². The first-order chi connectivity index (χ1) is 17.7. The number of aryl methyl sites for hydroxylation is 1. The summed E-state index contributed by atoms with van der Waals surface area (Å²) in [7, 11) is 1.61. The third-order valence-electron chi connectivity index (χ3n) is 6.58. The summed E-state index contributed by atoms with van der Waals surface area (Å²) in [5, 5.41) is 2.99. The first kappa shape index (κ1) is 33.2. The number of carbonyl (C=O) groups is 1. The SMILES string of the molecule is CCCCCCCCCCCCCCOc1ccc(C(=O)NCc2cc[n+](CCC)cc2)cc1OC.[I-]. The lowest BCUT2D eigenvalue weighted by molar-refractivity contribution is -0.697. The van der Waals surface area contributed by atoms with Gasteiger partial charge in [-0.05, 0) is 30.2 Å². The van der Waals surface area contributed by atoms with E-state index in [-0.39, 0.29) is 29.9 Å². The van der Waals surface area contributed by atoms with E-state index in [9.17, 15) is 4.79 Å². The maximum absolute atomic E-state index is 12.6. The van der Waals surface area contributed by atoms with Crippen molar-refractivity contribution < 1.29 is 42.8 Å². The second kappa shape index (κ2) is 21.1. The number of methoxy groups -OCH3 is 1. The van der Waals surface area contributed by atoms with Crippen LogP contribution in [0.25, 0.3) is 0 Å². The molecule has 0 aliphatic rings. The highest BCUT2D eigenvalue weighted by Crippen LogP contribution is 2.28. The fraction of sp³-hybridized carbons (Fsp3) is 0.613. The third kappa shape index (κ3) is 14.0.